The molecule has 0 fully saturated rings. The Kier molecular flexibility index (Phi) is 8.24. The lowest BCUT2D eigenvalue weighted by molar-refractivity contribution is 0.0592. The largest absolute Gasteiger partial charge is 0.465 e. The van der Waals surface area contributed by atoms with Crippen LogP contribution in [-0.2, 0) is 9.47 Å². The average molecular weight is 500 g/mol. The molecule has 0 atom stereocenters. The molecular formula is C33H25NO4. The van der Waals surface area contributed by atoms with Crippen LogP contribution in [0.25, 0.3) is 11.1 Å². The summed E-state index contributed by atoms with van der Waals surface area (Å²) in [5.41, 5.74) is 7.44. The molecule has 0 saturated carbocycles. The zero-order valence-corrected chi connectivity index (χ0v) is 21.3. The van der Waals surface area contributed by atoms with Crippen LogP contribution in [0.3, 0.4) is 0 Å². The summed E-state index contributed by atoms with van der Waals surface area (Å²) in [6.07, 6.45) is 0. The SMILES string of the molecule is CNc1cc(C#Cc2ccc(C(=O)OC)cc2)ccc1-c1ccc(C#Cc2ccc(C(=O)OC)cc2)cc1. The molecule has 0 aromatic heterocycles. The third-order valence-electron chi connectivity index (χ3n) is 5.80. The number of ether oxygens (including phenoxy) is 2. The third kappa shape index (κ3) is 6.29. The van der Waals surface area contributed by atoms with Crippen molar-refractivity contribution in [1.82, 2.24) is 0 Å². The van der Waals surface area contributed by atoms with Crippen LogP contribution in [0.15, 0.2) is 91.0 Å². The van der Waals surface area contributed by atoms with Crippen LogP contribution in [0.1, 0.15) is 43.0 Å². The molecule has 0 heterocycles. The Morgan fingerprint density at radius 1 is 0.579 bits per heavy atom. The van der Waals surface area contributed by atoms with Crippen LogP contribution in [-0.4, -0.2) is 33.2 Å². The monoisotopic (exact) mass is 499 g/mol. The van der Waals surface area contributed by atoms with E-state index in [-0.39, 0.29) is 11.9 Å². The molecule has 38 heavy (non-hydrogen) atoms. The third-order valence-corrected chi connectivity index (χ3v) is 5.80. The van der Waals surface area contributed by atoms with Crippen molar-refractivity contribution >= 4 is 17.6 Å². The van der Waals surface area contributed by atoms with E-state index in [1.165, 1.54) is 14.2 Å². The van der Waals surface area contributed by atoms with E-state index in [2.05, 4.69) is 29.0 Å². The number of esters is 2. The number of methoxy groups -OCH3 is 2. The topological polar surface area (TPSA) is 64.6 Å². The second-order valence-corrected chi connectivity index (χ2v) is 8.23. The molecule has 0 bridgehead atoms. The fourth-order valence-corrected chi connectivity index (χ4v) is 3.72. The van der Waals surface area contributed by atoms with Gasteiger partial charge in [0.25, 0.3) is 0 Å². The molecule has 4 aromatic rings. The Morgan fingerprint density at radius 3 is 1.39 bits per heavy atom. The molecule has 5 nitrogen and oxygen atoms in total. The Morgan fingerprint density at radius 2 is 0.974 bits per heavy atom. The maximum absolute atomic E-state index is 11.6. The Bertz CT molecular complexity index is 1580. The molecule has 0 radical (unpaired) electrons. The first-order valence-corrected chi connectivity index (χ1v) is 11.8. The zero-order valence-electron chi connectivity index (χ0n) is 21.3. The minimum Gasteiger partial charge on any atom is -0.465 e. The van der Waals surface area contributed by atoms with Gasteiger partial charge in [-0.1, -0.05) is 41.9 Å². The van der Waals surface area contributed by atoms with Crippen molar-refractivity contribution < 1.29 is 19.1 Å². The number of anilines is 1. The van der Waals surface area contributed by atoms with Crippen LogP contribution in [0.5, 0.6) is 0 Å². The van der Waals surface area contributed by atoms with Crippen molar-refractivity contribution in [2.75, 3.05) is 26.6 Å². The van der Waals surface area contributed by atoms with Gasteiger partial charge in [0.2, 0.25) is 0 Å². The minimum absolute atomic E-state index is 0.368. The Balaban J connectivity index is 1.48. The standard InChI is InChI=1S/C33H25NO4/c1-34-31-22-26(7-6-25-12-19-29(20-13-25)33(36)38-3)14-21-30(31)27-15-8-23(9-16-27)4-5-24-10-17-28(18-11-24)32(35)37-2/h8-22,34H,1-3H3. The summed E-state index contributed by atoms with van der Waals surface area (Å²) in [4.78, 5) is 23.2. The van der Waals surface area contributed by atoms with Crippen molar-refractivity contribution in [3.63, 3.8) is 0 Å². The van der Waals surface area contributed by atoms with E-state index in [0.717, 1.165) is 39.1 Å². The van der Waals surface area contributed by atoms with E-state index in [1.807, 2.05) is 49.5 Å². The number of carbonyl (C=O) groups excluding carboxylic acids is 2. The Hall–Kier alpha value is -5.26. The first-order valence-electron chi connectivity index (χ1n) is 11.8. The molecule has 5 heteroatoms. The molecular weight excluding hydrogens is 474 g/mol. The average Bonchev–Trinajstić information content (AvgIpc) is 2.98. The normalized spacial score (nSPS) is 9.76. The summed E-state index contributed by atoms with van der Waals surface area (Å²) in [7, 11) is 4.60. The quantitative estimate of drug-likeness (QED) is 0.285. The first kappa shape index (κ1) is 25.8. The maximum atomic E-state index is 11.6. The second-order valence-electron chi connectivity index (χ2n) is 8.23. The predicted molar refractivity (Wildman–Crippen MR) is 149 cm³/mol. The van der Waals surface area contributed by atoms with Gasteiger partial charge >= 0.3 is 11.9 Å². The number of hydrogen-bond donors (Lipinski definition) is 1. The molecule has 0 aliphatic carbocycles. The molecule has 4 rings (SSSR count). The van der Waals surface area contributed by atoms with E-state index in [9.17, 15) is 9.59 Å². The summed E-state index contributed by atoms with van der Waals surface area (Å²) in [6.45, 7) is 0. The molecule has 1 N–H and O–H groups in total. The van der Waals surface area contributed by atoms with Crippen molar-refractivity contribution in [2.24, 2.45) is 0 Å². The van der Waals surface area contributed by atoms with E-state index < -0.39 is 0 Å². The molecule has 0 aliphatic rings. The molecule has 186 valence electrons. The number of hydrogen-bond acceptors (Lipinski definition) is 5. The molecule has 0 spiro atoms. The van der Waals surface area contributed by atoms with Crippen LogP contribution < -0.4 is 5.32 Å². The highest BCUT2D eigenvalue weighted by molar-refractivity contribution is 5.90. The maximum Gasteiger partial charge on any atom is 0.337 e. The number of nitrogens with one attached hydrogen (secondary N) is 1. The van der Waals surface area contributed by atoms with Gasteiger partial charge in [0.15, 0.2) is 0 Å². The highest BCUT2D eigenvalue weighted by atomic mass is 16.5. The molecule has 0 aliphatic heterocycles. The smallest absolute Gasteiger partial charge is 0.337 e. The highest BCUT2D eigenvalue weighted by Gasteiger charge is 2.06. The summed E-state index contributed by atoms with van der Waals surface area (Å²) in [6, 6.07) is 28.1. The molecule has 0 amide bonds. The van der Waals surface area contributed by atoms with Gasteiger partial charge in [0.05, 0.1) is 25.3 Å². The summed E-state index contributed by atoms with van der Waals surface area (Å²) >= 11 is 0. The van der Waals surface area contributed by atoms with Crippen LogP contribution >= 0.6 is 0 Å². The Labute approximate surface area is 222 Å². The van der Waals surface area contributed by atoms with Crippen LogP contribution in [0, 0.1) is 23.7 Å². The van der Waals surface area contributed by atoms with Crippen molar-refractivity contribution in [3.05, 3.63) is 124 Å². The van der Waals surface area contributed by atoms with Gasteiger partial charge in [-0.05, 0) is 78.4 Å². The predicted octanol–water partition coefficient (Wildman–Crippen LogP) is 5.77. The van der Waals surface area contributed by atoms with Gasteiger partial charge in [-0.25, -0.2) is 9.59 Å². The van der Waals surface area contributed by atoms with Crippen molar-refractivity contribution in [2.45, 2.75) is 0 Å². The molecule has 0 unspecified atom stereocenters. The van der Waals surface area contributed by atoms with Gasteiger partial charge in [0.1, 0.15) is 0 Å². The van der Waals surface area contributed by atoms with E-state index in [1.54, 1.807) is 48.5 Å². The van der Waals surface area contributed by atoms with Gasteiger partial charge < -0.3 is 14.8 Å². The number of rotatable bonds is 4. The van der Waals surface area contributed by atoms with Crippen LogP contribution in [0.4, 0.5) is 5.69 Å². The highest BCUT2D eigenvalue weighted by Crippen LogP contribution is 2.29. The fraction of sp³-hybridized carbons (Fsp3) is 0.0909. The van der Waals surface area contributed by atoms with E-state index in [0.29, 0.717) is 11.1 Å². The summed E-state index contributed by atoms with van der Waals surface area (Å²) in [5, 5.41) is 3.26. The lowest BCUT2D eigenvalue weighted by atomic mass is 10.00. The molecule has 0 saturated heterocycles. The fourth-order valence-electron chi connectivity index (χ4n) is 3.72. The van der Waals surface area contributed by atoms with E-state index in [4.69, 9.17) is 9.47 Å². The van der Waals surface area contributed by atoms with Crippen LogP contribution in [0.2, 0.25) is 0 Å². The van der Waals surface area contributed by atoms with Gasteiger partial charge in [-0.3, -0.25) is 0 Å². The number of benzene rings is 4. The molecule has 4 aromatic carbocycles. The minimum atomic E-state index is -0.370. The van der Waals surface area contributed by atoms with Crippen molar-refractivity contribution in [3.8, 4) is 34.8 Å². The number of carbonyl (C=O) groups is 2. The van der Waals surface area contributed by atoms with Gasteiger partial charge in [-0.2, -0.15) is 0 Å². The summed E-state index contributed by atoms with van der Waals surface area (Å²) < 4.78 is 9.45. The lowest BCUT2D eigenvalue weighted by Crippen LogP contribution is -2.00. The van der Waals surface area contributed by atoms with Gasteiger partial charge in [0, 0.05) is 40.6 Å². The second kappa shape index (κ2) is 12.1. The van der Waals surface area contributed by atoms with Gasteiger partial charge in [-0.15, -0.1) is 0 Å². The lowest BCUT2D eigenvalue weighted by Gasteiger charge is -2.10. The summed E-state index contributed by atoms with van der Waals surface area (Å²) in [5.74, 6) is 11.9. The van der Waals surface area contributed by atoms with E-state index >= 15 is 0 Å². The zero-order chi connectivity index (χ0) is 26.9. The first-order chi connectivity index (χ1) is 18.5. The van der Waals surface area contributed by atoms with Crippen molar-refractivity contribution in [1.29, 1.82) is 0 Å².